The van der Waals surface area contributed by atoms with E-state index in [1.807, 2.05) is 0 Å². The Hall–Kier alpha value is -3.24. The second-order valence-electron chi connectivity index (χ2n) is 6.64. The van der Waals surface area contributed by atoms with Crippen LogP contribution in [-0.2, 0) is 37.3 Å². The number of benzene rings is 2. The molecule has 1 aliphatic rings. The van der Waals surface area contributed by atoms with Crippen molar-refractivity contribution in [3.63, 3.8) is 0 Å². The SMILES string of the molecule is COC(=O)c1ccc(C(=O)OC)c(S(=O)(=O)N2Cc3ccccc3C[C@H]2C(N)=O)c1. The Kier molecular flexibility index (Phi) is 5.90. The van der Waals surface area contributed by atoms with Gasteiger partial charge in [-0.1, -0.05) is 24.3 Å². The van der Waals surface area contributed by atoms with E-state index < -0.39 is 38.8 Å². The van der Waals surface area contributed by atoms with Crippen LogP contribution in [0.5, 0.6) is 0 Å². The Balaban J connectivity index is 2.18. The summed E-state index contributed by atoms with van der Waals surface area (Å²) in [7, 11) is -2.17. The van der Waals surface area contributed by atoms with Gasteiger partial charge in [0.1, 0.15) is 6.04 Å². The van der Waals surface area contributed by atoms with Gasteiger partial charge in [-0.05, 0) is 35.7 Å². The van der Waals surface area contributed by atoms with Crippen molar-refractivity contribution in [2.75, 3.05) is 14.2 Å². The van der Waals surface area contributed by atoms with Gasteiger partial charge in [0.15, 0.2) is 0 Å². The molecular formula is C20H20N2O7S. The van der Waals surface area contributed by atoms with E-state index in [1.165, 1.54) is 12.1 Å². The predicted octanol–water partition coefficient (Wildman–Crippen LogP) is 0.861. The van der Waals surface area contributed by atoms with Crippen molar-refractivity contribution in [2.45, 2.75) is 23.9 Å². The fraction of sp³-hybridized carbons (Fsp3) is 0.250. The first-order chi connectivity index (χ1) is 14.2. The molecule has 0 radical (unpaired) electrons. The lowest BCUT2D eigenvalue weighted by atomic mass is 9.96. The van der Waals surface area contributed by atoms with Crippen LogP contribution in [0, 0.1) is 0 Å². The number of primary amides is 1. The van der Waals surface area contributed by atoms with Crippen LogP contribution >= 0.6 is 0 Å². The summed E-state index contributed by atoms with van der Waals surface area (Å²) in [6, 6.07) is 9.40. The number of carbonyl (C=O) groups excluding carboxylic acids is 3. The number of nitrogens with zero attached hydrogens (tertiary/aromatic N) is 1. The van der Waals surface area contributed by atoms with Crippen LogP contribution in [0.1, 0.15) is 31.8 Å². The third-order valence-corrected chi connectivity index (χ3v) is 6.82. The van der Waals surface area contributed by atoms with Gasteiger partial charge in [0, 0.05) is 6.54 Å². The number of fused-ring (bicyclic) bond motifs is 1. The van der Waals surface area contributed by atoms with Crippen molar-refractivity contribution in [3.8, 4) is 0 Å². The normalized spacial score (nSPS) is 16.4. The molecule has 0 bridgehead atoms. The summed E-state index contributed by atoms with van der Waals surface area (Å²) in [5.74, 6) is -2.51. The Morgan fingerprint density at radius 3 is 2.23 bits per heavy atom. The zero-order valence-electron chi connectivity index (χ0n) is 16.3. The number of ether oxygens (including phenoxy) is 2. The zero-order valence-corrected chi connectivity index (χ0v) is 17.1. The number of rotatable bonds is 5. The minimum atomic E-state index is -4.43. The van der Waals surface area contributed by atoms with E-state index >= 15 is 0 Å². The molecule has 158 valence electrons. The average molecular weight is 432 g/mol. The number of nitrogens with two attached hydrogens (primary N) is 1. The number of methoxy groups -OCH3 is 2. The van der Waals surface area contributed by atoms with Gasteiger partial charge in [-0.15, -0.1) is 0 Å². The molecule has 0 fully saturated rings. The summed E-state index contributed by atoms with van der Waals surface area (Å²) >= 11 is 0. The van der Waals surface area contributed by atoms with Gasteiger partial charge >= 0.3 is 11.9 Å². The average Bonchev–Trinajstić information content (AvgIpc) is 2.76. The highest BCUT2D eigenvalue weighted by atomic mass is 32.2. The number of sulfonamides is 1. The Labute approximate surface area is 173 Å². The molecule has 1 amide bonds. The molecular weight excluding hydrogens is 412 g/mol. The molecule has 0 aliphatic carbocycles. The minimum Gasteiger partial charge on any atom is -0.465 e. The van der Waals surface area contributed by atoms with E-state index in [2.05, 4.69) is 9.47 Å². The van der Waals surface area contributed by atoms with Crippen LogP contribution < -0.4 is 5.73 Å². The van der Waals surface area contributed by atoms with Crippen molar-refractivity contribution in [1.82, 2.24) is 4.31 Å². The number of amides is 1. The van der Waals surface area contributed by atoms with E-state index in [1.54, 1.807) is 24.3 Å². The molecule has 2 N–H and O–H groups in total. The first kappa shape index (κ1) is 21.5. The molecule has 0 unspecified atom stereocenters. The maximum absolute atomic E-state index is 13.6. The molecule has 1 heterocycles. The molecule has 3 rings (SSSR count). The number of hydrogen-bond donors (Lipinski definition) is 1. The van der Waals surface area contributed by atoms with E-state index in [0.29, 0.717) is 5.56 Å². The highest BCUT2D eigenvalue weighted by molar-refractivity contribution is 7.89. The van der Waals surface area contributed by atoms with Crippen LogP contribution in [0.3, 0.4) is 0 Å². The van der Waals surface area contributed by atoms with Gasteiger partial charge in [-0.3, -0.25) is 4.79 Å². The number of carbonyl (C=O) groups is 3. The summed E-state index contributed by atoms with van der Waals surface area (Å²) < 4.78 is 37.4. The first-order valence-corrected chi connectivity index (χ1v) is 10.3. The standard InChI is InChI=1S/C20H20N2O7S/c1-28-19(24)13-7-8-15(20(25)29-2)17(10-13)30(26,27)22-11-14-6-4-3-5-12(14)9-16(22)18(21)23/h3-8,10,16H,9,11H2,1-2H3,(H2,21,23)/t16-/m0/s1. The van der Waals surface area contributed by atoms with Crippen LogP contribution in [0.15, 0.2) is 47.4 Å². The summed E-state index contributed by atoms with van der Waals surface area (Å²) in [5.41, 5.74) is 6.68. The molecule has 0 saturated carbocycles. The minimum absolute atomic E-state index is 0.0724. The Morgan fingerprint density at radius 2 is 1.63 bits per heavy atom. The van der Waals surface area contributed by atoms with Gasteiger partial charge in [0.25, 0.3) is 0 Å². The molecule has 1 aliphatic heterocycles. The molecule has 9 nitrogen and oxygen atoms in total. The number of hydrogen-bond acceptors (Lipinski definition) is 7. The van der Waals surface area contributed by atoms with Crippen molar-refractivity contribution in [3.05, 3.63) is 64.7 Å². The third-order valence-electron chi connectivity index (χ3n) is 4.93. The lowest BCUT2D eigenvalue weighted by Crippen LogP contribution is -2.51. The summed E-state index contributed by atoms with van der Waals surface area (Å²) in [6.07, 6.45) is 0.0922. The van der Waals surface area contributed by atoms with Crippen LogP contribution in [-0.4, -0.2) is 50.8 Å². The smallest absolute Gasteiger partial charge is 0.339 e. The maximum Gasteiger partial charge on any atom is 0.339 e. The lowest BCUT2D eigenvalue weighted by Gasteiger charge is -2.34. The van der Waals surface area contributed by atoms with E-state index in [0.717, 1.165) is 30.2 Å². The molecule has 10 heteroatoms. The summed E-state index contributed by atoms with van der Waals surface area (Å²) in [5, 5.41) is 0. The largest absolute Gasteiger partial charge is 0.465 e. The second-order valence-corrected chi connectivity index (χ2v) is 8.49. The maximum atomic E-state index is 13.6. The second kappa shape index (κ2) is 8.25. The predicted molar refractivity (Wildman–Crippen MR) is 105 cm³/mol. The van der Waals surface area contributed by atoms with Gasteiger partial charge in [-0.25, -0.2) is 18.0 Å². The van der Waals surface area contributed by atoms with Gasteiger partial charge in [0.05, 0.1) is 30.2 Å². The fourth-order valence-electron chi connectivity index (χ4n) is 3.38. The van der Waals surface area contributed by atoms with Gasteiger partial charge in [0.2, 0.25) is 15.9 Å². The molecule has 30 heavy (non-hydrogen) atoms. The van der Waals surface area contributed by atoms with E-state index in [4.69, 9.17) is 5.73 Å². The number of esters is 2. The molecule has 0 aromatic heterocycles. The summed E-state index contributed by atoms with van der Waals surface area (Å²) in [6.45, 7) is -0.116. The molecule has 2 aromatic rings. The summed E-state index contributed by atoms with van der Waals surface area (Å²) in [4.78, 5) is 35.8. The highest BCUT2D eigenvalue weighted by Crippen LogP contribution is 2.31. The highest BCUT2D eigenvalue weighted by Gasteiger charge is 2.40. The van der Waals surface area contributed by atoms with Crippen molar-refractivity contribution in [2.24, 2.45) is 5.73 Å². The van der Waals surface area contributed by atoms with Gasteiger partial charge in [-0.2, -0.15) is 4.31 Å². The zero-order chi connectivity index (χ0) is 22.1. The van der Waals surface area contributed by atoms with E-state index in [9.17, 15) is 22.8 Å². The fourth-order valence-corrected chi connectivity index (χ4v) is 5.16. The van der Waals surface area contributed by atoms with Gasteiger partial charge < -0.3 is 15.2 Å². The lowest BCUT2D eigenvalue weighted by molar-refractivity contribution is -0.122. The quantitative estimate of drug-likeness (QED) is 0.693. The monoisotopic (exact) mass is 432 g/mol. The van der Waals surface area contributed by atoms with Crippen molar-refractivity contribution >= 4 is 27.9 Å². The topological polar surface area (TPSA) is 133 Å². The molecule has 0 spiro atoms. The Bertz CT molecular complexity index is 1130. The van der Waals surface area contributed by atoms with Crippen LogP contribution in [0.25, 0.3) is 0 Å². The van der Waals surface area contributed by atoms with E-state index in [-0.39, 0.29) is 24.1 Å². The third kappa shape index (κ3) is 3.79. The molecule has 0 saturated heterocycles. The van der Waals surface area contributed by atoms with Crippen LogP contribution in [0.4, 0.5) is 0 Å². The molecule has 2 aromatic carbocycles. The van der Waals surface area contributed by atoms with Crippen LogP contribution in [0.2, 0.25) is 0 Å². The Morgan fingerprint density at radius 1 is 1.00 bits per heavy atom. The molecule has 1 atom stereocenters. The first-order valence-electron chi connectivity index (χ1n) is 8.89. The van der Waals surface area contributed by atoms with Crippen molar-refractivity contribution in [1.29, 1.82) is 0 Å². The van der Waals surface area contributed by atoms with Crippen molar-refractivity contribution < 1.29 is 32.3 Å².